The second-order valence-electron chi connectivity index (χ2n) is 4.51. The fraction of sp³-hybridized carbons (Fsp3) is 0.909. The Kier molecular flexibility index (Phi) is 7.72. The van der Waals surface area contributed by atoms with Gasteiger partial charge in [-0.3, -0.25) is 4.79 Å². The number of likely N-dealkylation sites (N-methyl/N-ethyl adjacent to an activating group) is 1. The fourth-order valence-corrected chi connectivity index (χ4v) is 1.68. The van der Waals surface area contributed by atoms with Crippen LogP contribution in [0, 0.1) is 5.92 Å². The van der Waals surface area contributed by atoms with Crippen molar-refractivity contribution in [3.8, 4) is 0 Å². The Hall–Kier alpha value is -0.320. The summed E-state index contributed by atoms with van der Waals surface area (Å²) < 4.78 is 5.71. The molecule has 1 rings (SSSR count). The number of ether oxygens (including phenoxy) is 1. The van der Waals surface area contributed by atoms with Crippen LogP contribution in [-0.2, 0) is 9.53 Å². The Morgan fingerprint density at radius 3 is 2.81 bits per heavy atom. The van der Waals surface area contributed by atoms with E-state index in [4.69, 9.17) is 4.74 Å². The molecule has 0 saturated carbocycles. The van der Waals surface area contributed by atoms with E-state index in [9.17, 15) is 4.79 Å². The molecule has 0 aliphatic carbocycles. The Labute approximate surface area is 104 Å². The third kappa shape index (κ3) is 5.14. The highest BCUT2D eigenvalue weighted by molar-refractivity contribution is 5.85. The minimum absolute atomic E-state index is 0. The van der Waals surface area contributed by atoms with Crippen LogP contribution in [0.4, 0.5) is 0 Å². The number of hydrogen-bond acceptors (Lipinski definition) is 3. The number of carbonyl (C=O) groups is 1. The molecule has 16 heavy (non-hydrogen) atoms. The standard InChI is InChI=1S/C11H22N2O2.ClH/c1-9(2)8-15-10-4-5-13(7-10)11(14)6-12-3;/h9-10,12H,4-8H2,1-3H3;1H. The van der Waals surface area contributed by atoms with E-state index >= 15 is 0 Å². The van der Waals surface area contributed by atoms with E-state index in [1.807, 2.05) is 4.90 Å². The molecule has 0 spiro atoms. The van der Waals surface area contributed by atoms with E-state index in [1.165, 1.54) is 0 Å². The number of carbonyl (C=O) groups excluding carboxylic acids is 1. The SMILES string of the molecule is CNCC(=O)N1CCC(OCC(C)C)C1.Cl. The summed E-state index contributed by atoms with van der Waals surface area (Å²) in [7, 11) is 1.79. The molecule has 1 fully saturated rings. The zero-order valence-electron chi connectivity index (χ0n) is 10.4. The maximum Gasteiger partial charge on any atom is 0.236 e. The Bertz CT molecular complexity index is 212. The van der Waals surface area contributed by atoms with Gasteiger partial charge in [0.1, 0.15) is 0 Å². The minimum Gasteiger partial charge on any atom is -0.376 e. The lowest BCUT2D eigenvalue weighted by Crippen LogP contribution is -2.36. The molecule has 5 heteroatoms. The third-order valence-electron chi connectivity index (χ3n) is 2.49. The highest BCUT2D eigenvalue weighted by Crippen LogP contribution is 2.13. The van der Waals surface area contributed by atoms with Crippen molar-refractivity contribution < 1.29 is 9.53 Å². The summed E-state index contributed by atoms with van der Waals surface area (Å²) >= 11 is 0. The van der Waals surface area contributed by atoms with Crippen molar-refractivity contribution in [1.82, 2.24) is 10.2 Å². The van der Waals surface area contributed by atoms with Crippen molar-refractivity contribution in [2.75, 3.05) is 33.3 Å². The van der Waals surface area contributed by atoms with Crippen LogP contribution >= 0.6 is 12.4 Å². The molecule has 0 radical (unpaired) electrons. The van der Waals surface area contributed by atoms with Crippen LogP contribution in [0.5, 0.6) is 0 Å². The number of rotatable bonds is 5. The summed E-state index contributed by atoms with van der Waals surface area (Å²) in [5.41, 5.74) is 0. The van der Waals surface area contributed by atoms with Crippen LogP contribution in [0.1, 0.15) is 20.3 Å². The Morgan fingerprint density at radius 2 is 2.25 bits per heavy atom. The number of likely N-dealkylation sites (tertiary alicyclic amines) is 1. The first-order chi connectivity index (χ1) is 7.13. The first kappa shape index (κ1) is 15.7. The first-order valence-corrected chi connectivity index (χ1v) is 5.67. The highest BCUT2D eigenvalue weighted by atomic mass is 35.5. The molecule has 1 unspecified atom stereocenters. The molecule has 0 aromatic heterocycles. The lowest BCUT2D eigenvalue weighted by molar-refractivity contribution is -0.129. The molecule has 1 aliphatic rings. The summed E-state index contributed by atoms with van der Waals surface area (Å²) in [5, 5.41) is 2.88. The van der Waals surface area contributed by atoms with E-state index in [0.29, 0.717) is 12.5 Å². The van der Waals surface area contributed by atoms with Gasteiger partial charge in [0.05, 0.1) is 12.6 Å². The molecular formula is C11H23ClN2O2. The largest absolute Gasteiger partial charge is 0.376 e. The fourth-order valence-electron chi connectivity index (χ4n) is 1.68. The predicted molar refractivity (Wildman–Crippen MR) is 66.9 cm³/mol. The number of amides is 1. The molecule has 1 aliphatic heterocycles. The smallest absolute Gasteiger partial charge is 0.236 e. The van der Waals surface area contributed by atoms with Crippen molar-refractivity contribution in [3.05, 3.63) is 0 Å². The maximum atomic E-state index is 11.5. The van der Waals surface area contributed by atoms with Crippen molar-refractivity contribution in [2.45, 2.75) is 26.4 Å². The lowest BCUT2D eigenvalue weighted by atomic mass is 10.2. The van der Waals surface area contributed by atoms with Crippen LogP contribution in [0.3, 0.4) is 0 Å². The number of nitrogens with one attached hydrogen (secondary N) is 1. The van der Waals surface area contributed by atoms with Gasteiger partial charge in [-0.1, -0.05) is 13.8 Å². The maximum absolute atomic E-state index is 11.5. The monoisotopic (exact) mass is 250 g/mol. The van der Waals surface area contributed by atoms with Gasteiger partial charge in [-0.05, 0) is 19.4 Å². The van der Waals surface area contributed by atoms with Crippen LogP contribution in [0.25, 0.3) is 0 Å². The Balaban J connectivity index is 0.00000225. The second kappa shape index (κ2) is 7.87. The summed E-state index contributed by atoms with van der Waals surface area (Å²) in [6.45, 7) is 7.09. The van der Waals surface area contributed by atoms with Gasteiger partial charge in [0, 0.05) is 19.7 Å². The average molecular weight is 251 g/mol. The van der Waals surface area contributed by atoms with Gasteiger partial charge in [0.15, 0.2) is 0 Å². The van der Waals surface area contributed by atoms with Crippen LogP contribution < -0.4 is 5.32 Å². The van der Waals surface area contributed by atoms with E-state index in [2.05, 4.69) is 19.2 Å². The normalized spacial score (nSPS) is 20.0. The van der Waals surface area contributed by atoms with Gasteiger partial charge in [-0.25, -0.2) is 0 Å². The van der Waals surface area contributed by atoms with E-state index in [1.54, 1.807) is 7.05 Å². The number of halogens is 1. The number of hydrogen-bond donors (Lipinski definition) is 1. The van der Waals surface area contributed by atoms with E-state index in [-0.39, 0.29) is 24.4 Å². The van der Waals surface area contributed by atoms with E-state index in [0.717, 1.165) is 26.1 Å². The van der Waals surface area contributed by atoms with Gasteiger partial charge in [-0.2, -0.15) is 0 Å². The van der Waals surface area contributed by atoms with Gasteiger partial charge in [0.2, 0.25) is 5.91 Å². The summed E-state index contributed by atoms with van der Waals surface area (Å²) in [6.07, 6.45) is 1.22. The Morgan fingerprint density at radius 1 is 1.56 bits per heavy atom. The van der Waals surface area contributed by atoms with Crippen LogP contribution in [0.2, 0.25) is 0 Å². The lowest BCUT2D eigenvalue weighted by Gasteiger charge is -2.17. The predicted octanol–water partition coefficient (Wildman–Crippen LogP) is 0.901. The molecule has 0 aromatic carbocycles. The summed E-state index contributed by atoms with van der Waals surface area (Å²) in [5.74, 6) is 0.736. The third-order valence-corrected chi connectivity index (χ3v) is 2.49. The highest BCUT2D eigenvalue weighted by Gasteiger charge is 2.26. The molecule has 4 nitrogen and oxygen atoms in total. The minimum atomic E-state index is 0. The van der Waals surface area contributed by atoms with Gasteiger partial charge >= 0.3 is 0 Å². The summed E-state index contributed by atoms with van der Waals surface area (Å²) in [4.78, 5) is 13.4. The van der Waals surface area contributed by atoms with Crippen molar-refractivity contribution >= 4 is 18.3 Å². The molecule has 1 atom stereocenters. The zero-order chi connectivity index (χ0) is 11.3. The molecule has 1 N–H and O–H groups in total. The quantitative estimate of drug-likeness (QED) is 0.789. The molecule has 1 amide bonds. The number of nitrogens with zero attached hydrogens (tertiary/aromatic N) is 1. The average Bonchev–Trinajstić information content (AvgIpc) is 2.63. The van der Waals surface area contributed by atoms with Crippen molar-refractivity contribution in [3.63, 3.8) is 0 Å². The van der Waals surface area contributed by atoms with Crippen LogP contribution in [-0.4, -0.2) is 50.2 Å². The first-order valence-electron chi connectivity index (χ1n) is 5.67. The topological polar surface area (TPSA) is 41.6 Å². The van der Waals surface area contributed by atoms with Gasteiger partial charge in [0.25, 0.3) is 0 Å². The van der Waals surface area contributed by atoms with Crippen molar-refractivity contribution in [1.29, 1.82) is 0 Å². The van der Waals surface area contributed by atoms with E-state index < -0.39 is 0 Å². The van der Waals surface area contributed by atoms with Crippen molar-refractivity contribution in [2.24, 2.45) is 5.92 Å². The van der Waals surface area contributed by atoms with Crippen LogP contribution in [0.15, 0.2) is 0 Å². The molecule has 0 aromatic rings. The zero-order valence-corrected chi connectivity index (χ0v) is 11.2. The molecule has 0 bridgehead atoms. The molecule has 96 valence electrons. The molecular weight excluding hydrogens is 228 g/mol. The molecule has 1 heterocycles. The second-order valence-corrected chi connectivity index (χ2v) is 4.51. The van der Waals surface area contributed by atoms with Gasteiger partial charge < -0.3 is 15.0 Å². The summed E-state index contributed by atoms with van der Waals surface area (Å²) in [6, 6.07) is 0. The van der Waals surface area contributed by atoms with Gasteiger partial charge in [-0.15, -0.1) is 12.4 Å². The molecule has 1 saturated heterocycles.